The lowest BCUT2D eigenvalue weighted by atomic mass is 9.82. The van der Waals surface area contributed by atoms with Gasteiger partial charge in [-0.2, -0.15) is 0 Å². The smallest absolute Gasteiger partial charge is 0.119 e. The molecule has 6 aromatic rings. The van der Waals surface area contributed by atoms with Crippen LogP contribution in [0.1, 0.15) is 116 Å². The molecule has 0 saturated heterocycles. The lowest BCUT2D eigenvalue weighted by molar-refractivity contribution is 0.233. The number of allylic oxidation sites excluding steroid dienone is 1. The van der Waals surface area contributed by atoms with Crippen LogP contribution in [0.25, 0.3) is 39.8 Å². The first-order valence-electron chi connectivity index (χ1n) is 21.1. The summed E-state index contributed by atoms with van der Waals surface area (Å²) < 4.78 is 6.29. The Labute approximate surface area is 337 Å². The van der Waals surface area contributed by atoms with E-state index < -0.39 is 0 Å². The van der Waals surface area contributed by atoms with Gasteiger partial charge in [0.1, 0.15) is 5.75 Å². The van der Waals surface area contributed by atoms with Gasteiger partial charge < -0.3 is 9.64 Å². The van der Waals surface area contributed by atoms with Crippen LogP contribution in [0.3, 0.4) is 0 Å². The molecule has 0 aliphatic heterocycles. The van der Waals surface area contributed by atoms with Gasteiger partial charge >= 0.3 is 0 Å². The molecule has 6 aromatic carbocycles. The van der Waals surface area contributed by atoms with E-state index in [-0.39, 0.29) is 10.8 Å². The van der Waals surface area contributed by atoms with Crippen molar-refractivity contribution in [3.63, 3.8) is 0 Å². The molecule has 0 saturated carbocycles. The third kappa shape index (κ3) is 10.2. The van der Waals surface area contributed by atoms with Gasteiger partial charge in [-0.15, -0.1) is 0 Å². The number of fused-ring (bicyclic) bond motifs is 2. The molecule has 56 heavy (non-hydrogen) atoms. The molecule has 0 amide bonds. The molecular formula is C54H63NO. The average molecular weight is 742 g/mol. The van der Waals surface area contributed by atoms with Crippen molar-refractivity contribution in [2.45, 2.75) is 99.3 Å². The molecular weight excluding hydrogens is 679 g/mol. The maximum atomic E-state index is 6.29. The number of benzene rings is 6. The standard InChI is InChI=1S/C54H63NO/c1-9-13-14-40(10-2)39-56-52-31-29-51(30-32-52)55(50-27-23-48(24-28-50)54(7,8)12-4)49-25-19-41(20-26-49)15-16-42-17-21-44-38-47-36-43(33-34-53(5,6)11-3)18-22-45(47)37-46(44)35-42/h15-38,40H,9-14,39H2,1-8H3/b16-15-,34-33-. The minimum atomic E-state index is 0.135. The molecule has 0 N–H and O–H groups in total. The maximum absolute atomic E-state index is 6.29. The third-order valence-corrected chi connectivity index (χ3v) is 12.0. The second-order valence-electron chi connectivity index (χ2n) is 17.0. The highest BCUT2D eigenvalue weighted by atomic mass is 16.5. The van der Waals surface area contributed by atoms with Gasteiger partial charge in [-0.25, -0.2) is 0 Å². The number of rotatable bonds is 17. The molecule has 2 nitrogen and oxygen atoms in total. The Morgan fingerprint density at radius 2 is 1.07 bits per heavy atom. The van der Waals surface area contributed by atoms with Crippen molar-refractivity contribution < 1.29 is 4.74 Å². The first kappa shape index (κ1) is 40.6. The van der Waals surface area contributed by atoms with E-state index in [9.17, 15) is 0 Å². The highest BCUT2D eigenvalue weighted by molar-refractivity contribution is 5.99. The third-order valence-electron chi connectivity index (χ3n) is 12.0. The fraction of sp³-hybridized carbons (Fsp3) is 0.333. The molecule has 0 aliphatic carbocycles. The Kier molecular flexibility index (Phi) is 13.2. The summed E-state index contributed by atoms with van der Waals surface area (Å²) in [5.74, 6) is 1.53. The molecule has 0 heterocycles. The van der Waals surface area contributed by atoms with Gasteiger partial charge in [0.2, 0.25) is 0 Å². The summed E-state index contributed by atoms with van der Waals surface area (Å²) in [4.78, 5) is 2.34. The van der Waals surface area contributed by atoms with Crippen LogP contribution >= 0.6 is 0 Å². The van der Waals surface area contributed by atoms with Gasteiger partial charge in [-0.05, 0) is 153 Å². The van der Waals surface area contributed by atoms with Crippen molar-refractivity contribution in [3.05, 3.63) is 150 Å². The zero-order valence-corrected chi connectivity index (χ0v) is 35.2. The van der Waals surface area contributed by atoms with Crippen LogP contribution in [0.2, 0.25) is 0 Å². The number of nitrogens with zero attached hydrogens (tertiary/aromatic N) is 1. The van der Waals surface area contributed by atoms with Gasteiger partial charge in [0.25, 0.3) is 0 Å². The van der Waals surface area contributed by atoms with Gasteiger partial charge in [0, 0.05) is 17.1 Å². The zero-order valence-electron chi connectivity index (χ0n) is 35.2. The van der Waals surface area contributed by atoms with Crippen molar-refractivity contribution in [2.24, 2.45) is 11.3 Å². The van der Waals surface area contributed by atoms with Crippen LogP contribution in [0.4, 0.5) is 17.1 Å². The molecule has 0 aliphatic rings. The molecule has 0 aromatic heterocycles. The van der Waals surface area contributed by atoms with Crippen molar-refractivity contribution >= 4 is 56.8 Å². The summed E-state index contributed by atoms with van der Waals surface area (Å²) in [6.07, 6.45) is 16.1. The van der Waals surface area contributed by atoms with E-state index in [1.165, 1.54) is 57.5 Å². The fourth-order valence-corrected chi connectivity index (χ4v) is 7.13. The van der Waals surface area contributed by atoms with Crippen LogP contribution in [-0.2, 0) is 5.41 Å². The highest BCUT2D eigenvalue weighted by Crippen LogP contribution is 2.38. The van der Waals surface area contributed by atoms with Gasteiger partial charge in [0.15, 0.2) is 0 Å². The summed E-state index contributed by atoms with van der Waals surface area (Å²) in [5.41, 5.74) is 8.67. The molecule has 0 spiro atoms. The number of hydrogen-bond donors (Lipinski definition) is 0. The number of anilines is 3. The second-order valence-corrected chi connectivity index (χ2v) is 17.0. The molecule has 0 radical (unpaired) electrons. The predicted octanol–water partition coefficient (Wildman–Crippen LogP) is 16.4. The Morgan fingerprint density at radius 3 is 1.61 bits per heavy atom. The second kappa shape index (κ2) is 18.2. The number of unbranched alkanes of at least 4 members (excludes halogenated alkanes) is 1. The molecule has 1 unspecified atom stereocenters. The van der Waals surface area contributed by atoms with Crippen molar-refractivity contribution in [1.29, 1.82) is 0 Å². The van der Waals surface area contributed by atoms with E-state index in [0.29, 0.717) is 5.92 Å². The minimum absolute atomic E-state index is 0.135. The van der Waals surface area contributed by atoms with Crippen LogP contribution in [-0.4, -0.2) is 6.61 Å². The van der Waals surface area contributed by atoms with E-state index in [1.807, 2.05) is 0 Å². The Morgan fingerprint density at radius 1 is 0.554 bits per heavy atom. The number of ether oxygens (including phenoxy) is 1. The van der Waals surface area contributed by atoms with E-state index >= 15 is 0 Å². The van der Waals surface area contributed by atoms with E-state index in [4.69, 9.17) is 4.74 Å². The Balaban J connectivity index is 1.22. The molecule has 290 valence electrons. The molecule has 0 bridgehead atoms. The molecule has 6 rings (SSSR count). The maximum Gasteiger partial charge on any atom is 0.119 e. The predicted molar refractivity (Wildman–Crippen MR) is 247 cm³/mol. The lowest BCUT2D eigenvalue weighted by Crippen LogP contribution is -2.16. The SMILES string of the molecule is CCCCC(CC)COc1ccc(N(c2ccc(/C=C\c3ccc4cc5cc(/C=C\C(C)(C)CC)ccc5cc4c3)cc2)c2ccc(C(C)(C)CC)cc2)cc1. The monoisotopic (exact) mass is 741 g/mol. The largest absolute Gasteiger partial charge is 0.493 e. The molecule has 1 atom stereocenters. The molecule has 0 fully saturated rings. The quantitative estimate of drug-likeness (QED) is 0.0682. The highest BCUT2D eigenvalue weighted by Gasteiger charge is 2.19. The van der Waals surface area contributed by atoms with E-state index in [2.05, 4.69) is 206 Å². The van der Waals surface area contributed by atoms with Crippen LogP contribution < -0.4 is 9.64 Å². The first-order chi connectivity index (χ1) is 27.0. The average Bonchev–Trinajstić information content (AvgIpc) is 3.22. The van der Waals surface area contributed by atoms with E-state index in [1.54, 1.807) is 0 Å². The summed E-state index contributed by atoms with van der Waals surface area (Å²) in [6, 6.07) is 44.8. The normalized spacial score (nSPS) is 12.9. The van der Waals surface area contributed by atoms with E-state index in [0.717, 1.165) is 54.2 Å². The van der Waals surface area contributed by atoms with Crippen molar-refractivity contribution in [1.82, 2.24) is 0 Å². The van der Waals surface area contributed by atoms with Crippen LogP contribution in [0, 0.1) is 11.3 Å². The fourth-order valence-electron chi connectivity index (χ4n) is 7.13. The summed E-state index contributed by atoms with van der Waals surface area (Å²) >= 11 is 0. The first-order valence-corrected chi connectivity index (χ1v) is 21.1. The van der Waals surface area contributed by atoms with Gasteiger partial charge in [-0.1, -0.05) is 147 Å². The van der Waals surface area contributed by atoms with Gasteiger partial charge in [-0.3, -0.25) is 0 Å². The summed E-state index contributed by atoms with van der Waals surface area (Å²) in [6.45, 7) is 19.0. The topological polar surface area (TPSA) is 12.5 Å². The van der Waals surface area contributed by atoms with Crippen molar-refractivity contribution in [2.75, 3.05) is 11.5 Å². The van der Waals surface area contributed by atoms with Crippen molar-refractivity contribution in [3.8, 4) is 5.75 Å². The minimum Gasteiger partial charge on any atom is -0.493 e. The van der Waals surface area contributed by atoms with Crippen LogP contribution in [0.5, 0.6) is 5.75 Å². The Bertz CT molecular complexity index is 2240. The lowest BCUT2D eigenvalue weighted by Gasteiger charge is -2.28. The molecule has 2 heteroatoms. The Hall–Kier alpha value is -5.08. The summed E-state index contributed by atoms with van der Waals surface area (Å²) in [7, 11) is 0. The zero-order chi connectivity index (χ0) is 39.7. The van der Waals surface area contributed by atoms with Crippen LogP contribution in [0.15, 0.2) is 127 Å². The summed E-state index contributed by atoms with van der Waals surface area (Å²) in [5, 5.41) is 5.06. The number of hydrogen-bond acceptors (Lipinski definition) is 2. The van der Waals surface area contributed by atoms with Gasteiger partial charge in [0.05, 0.1) is 6.61 Å².